The van der Waals surface area contributed by atoms with Gasteiger partial charge in [0.2, 0.25) is 0 Å². The van der Waals surface area contributed by atoms with E-state index in [0.29, 0.717) is 6.20 Å². The fourth-order valence-corrected chi connectivity index (χ4v) is 0.718. The van der Waals surface area contributed by atoms with Crippen molar-refractivity contribution in [3.8, 4) is 0 Å². The molecular weight excluding hydrogens is 203 g/mol. The number of nitro groups is 1. The minimum atomic E-state index is -4.36. The Morgan fingerprint density at radius 2 is 2.14 bits per heavy atom. The van der Waals surface area contributed by atoms with Crippen molar-refractivity contribution in [2.45, 2.75) is 6.05 Å². The first-order valence-electron chi connectivity index (χ1n) is 3.29. The van der Waals surface area contributed by atoms with Crippen LogP contribution in [0.1, 0.15) is 5.56 Å². The van der Waals surface area contributed by atoms with E-state index >= 15 is 0 Å². The highest BCUT2D eigenvalue weighted by Crippen LogP contribution is 2.28. The smallest absolute Gasteiger partial charge is 0.381 e. The summed E-state index contributed by atoms with van der Waals surface area (Å²) in [7, 11) is 0. The molecule has 1 heterocycles. The Labute approximate surface area is 75.5 Å². The summed E-state index contributed by atoms with van der Waals surface area (Å²) in [6.45, 7) is 0. The van der Waals surface area contributed by atoms with Crippen LogP contribution in [0.15, 0.2) is 12.3 Å². The number of rotatable bonds is 2. The maximum absolute atomic E-state index is 12.6. The lowest BCUT2D eigenvalue weighted by atomic mass is 10.2. The van der Waals surface area contributed by atoms with Crippen molar-refractivity contribution < 1.29 is 18.1 Å². The predicted molar refractivity (Wildman–Crippen MR) is 39.5 cm³/mol. The Morgan fingerprint density at radius 1 is 1.57 bits per heavy atom. The molecule has 0 atom stereocenters. The summed E-state index contributed by atoms with van der Waals surface area (Å²) in [5.41, 5.74) is 3.76. The molecule has 2 N–H and O–H groups in total. The largest absolute Gasteiger partial charge is 0.540 e. The van der Waals surface area contributed by atoms with Gasteiger partial charge in [-0.3, -0.25) is 10.1 Å². The van der Waals surface area contributed by atoms with Gasteiger partial charge in [0.1, 0.15) is 10.5 Å². The first kappa shape index (κ1) is 10.2. The molecule has 0 spiro atoms. The van der Waals surface area contributed by atoms with E-state index in [0.717, 1.165) is 0 Å². The molecule has 1 rings (SSSR count). The third-order valence-electron chi connectivity index (χ3n) is 1.45. The van der Waals surface area contributed by atoms with E-state index in [1.807, 2.05) is 0 Å². The molecule has 0 aromatic carbocycles. The first-order chi connectivity index (χ1) is 6.35. The Bertz CT molecular complexity index is 383. The van der Waals surface area contributed by atoms with Gasteiger partial charge in [0, 0.05) is 6.20 Å². The van der Waals surface area contributed by atoms with Gasteiger partial charge in [-0.15, -0.1) is 8.78 Å². The Kier molecular flexibility index (Phi) is 2.28. The zero-order chi connectivity index (χ0) is 10.9. The molecule has 5 nitrogen and oxygen atoms in total. The maximum atomic E-state index is 12.6. The number of pyridine rings is 1. The van der Waals surface area contributed by atoms with Crippen molar-refractivity contribution >= 4 is 5.82 Å². The summed E-state index contributed by atoms with van der Waals surface area (Å²) < 4.78 is 37.9. The van der Waals surface area contributed by atoms with E-state index in [1.165, 1.54) is 0 Å². The fourth-order valence-electron chi connectivity index (χ4n) is 0.718. The molecule has 0 saturated carbocycles. The number of anilines is 1. The Hall–Kier alpha value is -1.86. The number of nitrogens with two attached hydrogens (primary N) is 1. The van der Waals surface area contributed by atoms with Crippen molar-refractivity contribution in [1.29, 1.82) is 0 Å². The second-order valence-electron chi connectivity index (χ2n) is 2.39. The molecule has 0 saturated heterocycles. The number of nitrogen functional groups attached to an aromatic ring is 1. The standard InChI is InChI=1S/C6H4F3N3O2/c7-4-1-3(2-11-5(4)10)6(8,9)12(13)14/h1-2H,(H2,10,11). The number of halogens is 3. The van der Waals surface area contributed by atoms with Crippen LogP contribution in [0.25, 0.3) is 0 Å². The van der Waals surface area contributed by atoms with Crippen molar-refractivity contribution in [3.63, 3.8) is 0 Å². The number of nitrogens with zero attached hydrogens (tertiary/aromatic N) is 2. The molecule has 0 fully saturated rings. The van der Waals surface area contributed by atoms with E-state index in [2.05, 4.69) is 4.98 Å². The SMILES string of the molecule is Nc1ncc(C(F)(F)[N+](=O)[O-])cc1F. The molecule has 1 aromatic rings. The van der Waals surface area contributed by atoms with E-state index in [9.17, 15) is 23.3 Å². The van der Waals surface area contributed by atoms with Gasteiger partial charge in [0.05, 0.1) is 0 Å². The number of hydrogen-bond donors (Lipinski definition) is 1. The number of hydrogen-bond acceptors (Lipinski definition) is 4. The molecular formula is C6H4F3N3O2. The summed E-state index contributed by atoms with van der Waals surface area (Å²) in [4.78, 5) is 11.1. The lowest BCUT2D eigenvalue weighted by Gasteiger charge is -2.06. The molecule has 0 bridgehead atoms. The van der Waals surface area contributed by atoms with Gasteiger partial charge < -0.3 is 5.73 Å². The predicted octanol–water partition coefficient (Wildman–Crippen LogP) is 1.13. The topological polar surface area (TPSA) is 82.0 Å². The highest BCUT2D eigenvalue weighted by atomic mass is 19.3. The lowest BCUT2D eigenvalue weighted by Crippen LogP contribution is -2.25. The molecule has 0 amide bonds. The molecule has 0 radical (unpaired) electrons. The lowest BCUT2D eigenvalue weighted by molar-refractivity contribution is -0.656. The Balaban J connectivity index is 3.21. The average Bonchev–Trinajstić information content (AvgIpc) is 2.09. The second kappa shape index (κ2) is 3.13. The number of aromatic nitrogens is 1. The fraction of sp³-hybridized carbons (Fsp3) is 0.167. The molecule has 1 aromatic heterocycles. The van der Waals surface area contributed by atoms with Crippen LogP contribution in [0.2, 0.25) is 0 Å². The second-order valence-corrected chi connectivity index (χ2v) is 2.39. The summed E-state index contributed by atoms with van der Waals surface area (Å²) in [6.07, 6.45) is 0.460. The third kappa shape index (κ3) is 1.58. The van der Waals surface area contributed by atoms with Gasteiger partial charge in [0.25, 0.3) is 0 Å². The summed E-state index contributed by atoms with van der Waals surface area (Å²) >= 11 is 0. The van der Waals surface area contributed by atoms with Gasteiger partial charge in [-0.2, -0.15) is 0 Å². The van der Waals surface area contributed by atoms with Crippen LogP contribution < -0.4 is 5.73 Å². The first-order valence-corrected chi connectivity index (χ1v) is 3.29. The van der Waals surface area contributed by atoms with Crippen LogP contribution in [0.4, 0.5) is 19.0 Å². The van der Waals surface area contributed by atoms with Gasteiger partial charge in [-0.25, -0.2) is 9.37 Å². The quantitative estimate of drug-likeness (QED) is 0.447. The molecule has 0 aliphatic carbocycles. The van der Waals surface area contributed by atoms with Crippen molar-refractivity contribution in [2.24, 2.45) is 0 Å². The minimum absolute atomic E-state index is 0.283. The Morgan fingerprint density at radius 3 is 2.57 bits per heavy atom. The molecule has 0 aliphatic heterocycles. The highest BCUT2D eigenvalue weighted by molar-refractivity contribution is 5.32. The summed E-state index contributed by atoms with van der Waals surface area (Å²) in [5.74, 6) is -1.81. The van der Waals surface area contributed by atoms with Crippen molar-refractivity contribution in [1.82, 2.24) is 4.98 Å². The maximum Gasteiger partial charge on any atom is 0.540 e. The normalized spacial score (nSPS) is 11.4. The molecule has 0 aliphatic rings. The van der Waals surface area contributed by atoms with E-state index in [1.54, 1.807) is 0 Å². The molecule has 76 valence electrons. The van der Waals surface area contributed by atoms with Crippen LogP contribution in [0.5, 0.6) is 0 Å². The summed E-state index contributed by atoms with van der Waals surface area (Å²) in [5, 5.41) is 9.89. The van der Waals surface area contributed by atoms with Gasteiger partial charge in [0.15, 0.2) is 11.6 Å². The molecule has 8 heteroatoms. The van der Waals surface area contributed by atoms with E-state index in [-0.39, 0.29) is 6.07 Å². The average molecular weight is 207 g/mol. The van der Waals surface area contributed by atoms with Gasteiger partial charge in [-0.05, 0) is 6.07 Å². The molecule has 14 heavy (non-hydrogen) atoms. The van der Waals surface area contributed by atoms with Crippen LogP contribution >= 0.6 is 0 Å². The van der Waals surface area contributed by atoms with E-state index in [4.69, 9.17) is 5.73 Å². The monoisotopic (exact) mass is 207 g/mol. The minimum Gasteiger partial charge on any atom is -0.381 e. The third-order valence-corrected chi connectivity index (χ3v) is 1.45. The van der Waals surface area contributed by atoms with Crippen molar-refractivity contribution in [2.75, 3.05) is 5.73 Å². The number of alkyl halides is 2. The zero-order valence-electron chi connectivity index (χ0n) is 6.58. The van der Waals surface area contributed by atoms with Crippen LogP contribution in [-0.4, -0.2) is 9.91 Å². The summed E-state index contributed by atoms with van der Waals surface area (Å²) in [6, 6.07) is -4.08. The van der Waals surface area contributed by atoms with E-state index < -0.39 is 28.2 Å². The van der Waals surface area contributed by atoms with Gasteiger partial charge >= 0.3 is 6.05 Å². The van der Waals surface area contributed by atoms with Gasteiger partial charge in [-0.1, -0.05) is 0 Å². The van der Waals surface area contributed by atoms with Crippen LogP contribution in [0, 0.1) is 15.9 Å². The van der Waals surface area contributed by atoms with Crippen LogP contribution in [-0.2, 0) is 6.05 Å². The van der Waals surface area contributed by atoms with Crippen molar-refractivity contribution in [3.05, 3.63) is 33.8 Å². The molecule has 0 unspecified atom stereocenters. The van der Waals surface area contributed by atoms with Crippen LogP contribution in [0.3, 0.4) is 0 Å². The highest BCUT2D eigenvalue weighted by Gasteiger charge is 2.47. The zero-order valence-corrected chi connectivity index (χ0v) is 6.58.